The van der Waals surface area contributed by atoms with Gasteiger partial charge in [-0.25, -0.2) is 4.68 Å². The first-order chi connectivity index (χ1) is 12.4. The van der Waals surface area contributed by atoms with Gasteiger partial charge in [0.05, 0.1) is 16.3 Å². The fourth-order valence-electron chi connectivity index (χ4n) is 2.63. The second kappa shape index (κ2) is 6.96. The van der Waals surface area contributed by atoms with E-state index in [1.807, 2.05) is 37.3 Å². The van der Waals surface area contributed by atoms with E-state index in [9.17, 15) is 14.4 Å². The van der Waals surface area contributed by atoms with Crippen LogP contribution in [0.25, 0.3) is 15.9 Å². The van der Waals surface area contributed by atoms with Gasteiger partial charge in [-0.15, -0.1) is 11.3 Å². The van der Waals surface area contributed by atoms with Gasteiger partial charge in [-0.2, -0.15) is 5.10 Å². The zero-order chi connectivity index (χ0) is 18.8. The van der Waals surface area contributed by atoms with Gasteiger partial charge < -0.3 is 16.4 Å². The molecule has 0 aliphatic heterocycles. The van der Waals surface area contributed by atoms with Crippen LogP contribution >= 0.6 is 11.3 Å². The molecule has 0 aliphatic rings. The molecule has 9 heteroatoms. The van der Waals surface area contributed by atoms with Crippen molar-refractivity contribution in [3.05, 3.63) is 47.0 Å². The number of aryl methyl sites for hydroxylation is 1. The van der Waals surface area contributed by atoms with E-state index in [0.717, 1.165) is 26.5 Å². The van der Waals surface area contributed by atoms with E-state index in [1.54, 1.807) is 10.7 Å². The number of fused-ring (bicyclic) bond motifs is 1. The Bertz CT molecular complexity index is 977. The lowest BCUT2D eigenvalue weighted by molar-refractivity contribution is -0.121. The molecule has 134 valence electrons. The first-order valence-electron chi connectivity index (χ1n) is 7.77. The molecule has 0 unspecified atom stereocenters. The van der Waals surface area contributed by atoms with Crippen molar-refractivity contribution < 1.29 is 14.4 Å². The number of primary amides is 2. The summed E-state index contributed by atoms with van der Waals surface area (Å²) in [5.74, 6) is -1.90. The number of carbonyl (C=O) groups excluding carboxylic acids is 3. The third-order valence-corrected chi connectivity index (χ3v) is 4.84. The van der Waals surface area contributed by atoms with Crippen LogP contribution in [-0.2, 0) is 9.59 Å². The zero-order valence-electron chi connectivity index (χ0n) is 14.0. The number of hydrogen-bond acceptors (Lipinski definition) is 5. The molecule has 3 aromatic rings. The number of rotatable bonds is 6. The van der Waals surface area contributed by atoms with Gasteiger partial charge in [0.25, 0.3) is 5.91 Å². The van der Waals surface area contributed by atoms with Crippen LogP contribution in [0.15, 0.2) is 36.4 Å². The SMILES string of the molecule is Cc1nn(-c2ccccc2)c2sc(C(=O)N(CC(N)=O)CC(N)=O)cc12. The topological polar surface area (TPSA) is 124 Å². The largest absolute Gasteiger partial charge is 0.368 e. The second-order valence-corrected chi connectivity index (χ2v) is 6.79. The molecule has 0 atom stereocenters. The molecule has 8 nitrogen and oxygen atoms in total. The molecule has 26 heavy (non-hydrogen) atoms. The average molecular weight is 371 g/mol. The van der Waals surface area contributed by atoms with Crippen molar-refractivity contribution in [2.75, 3.05) is 13.1 Å². The van der Waals surface area contributed by atoms with Crippen LogP contribution in [-0.4, -0.2) is 45.5 Å². The number of para-hydroxylation sites is 1. The molecule has 0 fully saturated rings. The van der Waals surface area contributed by atoms with E-state index in [2.05, 4.69) is 5.10 Å². The van der Waals surface area contributed by atoms with E-state index in [4.69, 9.17) is 11.5 Å². The summed E-state index contributed by atoms with van der Waals surface area (Å²) in [6.45, 7) is 1.10. The Morgan fingerprint density at radius 1 is 1.12 bits per heavy atom. The maximum atomic E-state index is 12.7. The molecule has 0 spiro atoms. The Morgan fingerprint density at radius 3 is 2.31 bits per heavy atom. The summed E-state index contributed by atoms with van der Waals surface area (Å²) in [7, 11) is 0. The van der Waals surface area contributed by atoms with Crippen molar-refractivity contribution in [1.82, 2.24) is 14.7 Å². The number of amides is 3. The minimum absolute atomic E-state index is 0.375. The Labute approximate surface area is 153 Å². The highest BCUT2D eigenvalue weighted by Gasteiger charge is 2.23. The molecule has 2 aromatic heterocycles. The maximum absolute atomic E-state index is 12.7. The Kier molecular flexibility index (Phi) is 4.72. The molecule has 2 heterocycles. The van der Waals surface area contributed by atoms with E-state index in [1.165, 1.54) is 11.3 Å². The highest BCUT2D eigenvalue weighted by Crippen LogP contribution is 2.31. The van der Waals surface area contributed by atoms with Crippen molar-refractivity contribution in [3.8, 4) is 5.69 Å². The monoisotopic (exact) mass is 371 g/mol. The van der Waals surface area contributed by atoms with Gasteiger partial charge in [-0.1, -0.05) is 18.2 Å². The third kappa shape index (κ3) is 3.42. The first-order valence-corrected chi connectivity index (χ1v) is 8.59. The minimum atomic E-state index is -0.715. The van der Waals surface area contributed by atoms with Gasteiger partial charge in [0, 0.05) is 5.39 Å². The normalized spacial score (nSPS) is 10.8. The molecule has 0 bridgehead atoms. The summed E-state index contributed by atoms with van der Waals surface area (Å²) in [6, 6.07) is 11.3. The van der Waals surface area contributed by atoms with E-state index >= 15 is 0 Å². The molecule has 0 saturated carbocycles. The van der Waals surface area contributed by atoms with E-state index in [-0.39, 0.29) is 13.1 Å². The van der Waals surface area contributed by atoms with Crippen LogP contribution in [0, 0.1) is 6.92 Å². The Hall–Kier alpha value is -3.20. The summed E-state index contributed by atoms with van der Waals surface area (Å²) in [6.07, 6.45) is 0. The number of thiophene rings is 1. The Morgan fingerprint density at radius 2 is 1.73 bits per heavy atom. The van der Waals surface area contributed by atoms with Crippen molar-refractivity contribution in [1.29, 1.82) is 0 Å². The first kappa shape index (κ1) is 17.6. The number of carbonyl (C=O) groups is 3. The van der Waals surface area contributed by atoms with Crippen LogP contribution in [0.4, 0.5) is 0 Å². The molecular weight excluding hydrogens is 354 g/mol. The molecule has 3 amide bonds. The van der Waals surface area contributed by atoms with Crippen LogP contribution < -0.4 is 11.5 Å². The summed E-state index contributed by atoms with van der Waals surface area (Å²) in [5, 5.41) is 5.35. The summed E-state index contributed by atoms with van der Waals surface area (Å²) in [5.41, 5.74) is 12.0. The fourth-order valence-corrected chi connectivity index (χ4v) is 3.78. The highest BCUT2D eigenvalue weighted by molar-refractivity contribution is 7.20. The number of nitrogens with zero attached hydrogens (tertiary/aromatic N) is 3. The fraction of sp³-hybridized carbons (Fsp3) is 0.176. The standard InChI is InChI=1S/C17H17N5O3S/c1-10-12-7-13(16(25)21(8-14(18)23)9-15(19)24)26-17(12)22(20-10)11-5-3-2-4-6-11/h2-7H,8-9H2,1H3,(H2,18,23)(H2,19,24). The number of nitrogens with two attached hydrogens (primary N) is 2. The predicted molar refractivity (Wildman–Crippen MR) is 98.0 cm³/mol. The Balaban J connectivity index is 2.01. The minimum Gasteiger partial charge on any atom is -0.368 e. The number of benzene rings is 1. The quantitative estimate of drug-likeness (QED) is 0.665. The molecule has 0 radical (unpaired) electrons. The van der Waals surface area contributed by atoms with Gasteiger partial charge in [0.15, 0.2) is 0 Å². The molecule has 3 rings (SSSR count). The second-order valence-electron chi connectivity index (χ2n) is 5.76. The van der Waals surface area contributed by atoms with E-state index < -0.39 is 17.7 Å². The average Bonchev–Trinajstić information content (AvgIpc) is 3.14. The zero-order valence-corrected chi connectivity index (χ0v) is 14.8. The lowest BCUT2D eigenvalue weighted by Crippen LogP contribution is -2.43. The molecule has 0 saturated heterocycles. The van der Waals surface area contributed by atoms with Crippen LogP contribution in [0.2, 0.25) is 0 Å². The van der Waals surface area contributed by atoms with Gasteiger partial charge >= 0.3 is 0 Å². The highest BCUT2D eigenvalue weighted by atomic mass is 32.1. The molecule has 1 aromatic carbocycles. The lowest BCUT2D eigenvalue weighted by atomic mass is 10.3. The lowest BCUT2D eigenvalue weighted by Gasteiger charge is -2.18. The third-order valence-electron chi connectivity index (χ3n) is 3.74. The molecule has 0 aliphatic carbocycles. The van der Waals surface area contributed by atoms with Gasteiger partial charge in [-0.05, 0) is 25.1 Å². The number of aromatic nitrogens is 2. The summed E-state index contributed by atoms with van der Waals surface area (Å²) in [4.78, 5) is 37.4. The predicted octanol–water partition coefficient (Wildman–Crippen LogP) is 0.808. The summed E-state index contributed by atoms with van der Waals surface area (Å²) >= 11 is 1.24. The van der Waals surface area contributed by atoms with Crippen molar-refractivity contribution in [3.63, 3.8) is 0 Å². The number of hydrogen-bond donors (Lipinski definition) is 2. The maximum Gasteiger partial charge on any atom is 0.264 e. The van der Waals surface area contributed by atoms with Gasteiger partial charge in [-0.3, -0.25) is 14.4 Å². The van der Waals surface area contributed by atoms with Crippen LogP contribution in [0.5, 0.6) is 0 Å². The van der Waals surface area contributed by atoms with Crippen molar-refractivity contribution in [2.24, 2.45) is 11.5 Å². The molecule has 4 N–H and O–H groups in total. The van der Waals surface area contributed by atoms with E-state index in [0.29, 0.717) is 4.88 Å². The van der Waals surface area contributed by atoms with Crippen LogP contribution in [0.3, 0.4) is 0 Å². The van der Waals surface area contributed by atoms with Crippen molar-refractivity contribution >= 4 is 39.3 Å². The smallest absolute Gasteiger partial charge is 0.264 e. The summed E-state index contributed by atoms with van der Waals surface area (Å²) < 4.78 is 1.76. The van der Waals surface area contributed by atoms with Gasteiger partial charge in [0.2, 0.25) is 11.8 Å². The molecular formula is C17H17N5O3S. The van der Waals surface area contributed by atoms with Crippen molar-refractivity contribution in [2.45, 2.75) is 6.92 Å². The van der Waals surface area contributed by atoms with Crippen LogP contribution in [0.1, 0.15) is 15.4 Å². The van der Waals surface area contributed by atoms with Gasteiger partial charge in [0.1, 0.15) is 17.9 Å².